The van der Waals surface area contributed by atoms with Gasteiger partial charge in [0, 0.05) is 51.5 Å². The predicted molar refractivity (Wildman–Crippen MR) is 137 cm³/mol. The number of amides is 2. The number of nitrogens with zero attached hydrogens (tertiary/aromatic N) is 3. The zero-order valence-corrected chi connectivity index (χ0v) is 21.7. The maximum atomic E-state index is 13.1. The Kier molecular flexibility index (Phi) is 12.3. The average Bonchev–Trinajstić information content (AvgIpc) is 2.83. The van der Waals surface area contributed by atoms with Crippen molar-refractivity contribution in [2.24, 2.45) is 11.7 Å². The van der Waals surface area contributed by atoms with Crippen LogP contribution in [-0.2, 0) is 16.1 Å². The van der Waals surface area contributed by atoms with Gasteiger partial charge in [0.05, 0.1) is 12.0 Å². The van der Waals surface area contributed by atoms with Gasteiger partial charge in [-0.2, -0.15) is 0 Å². The van der Waals surface area contributed by atoms with Crippen molar-refractivity contribution in [2.45, 2.75) is 64.6 Å². The van der Waals surface area contributed by atoms with Gasteiger partial charge in [0.1, 0.15) is 0 Å². The van der Waals surface area contributed by atoms with Crippen molar-refractivity contribution in [3.05, 3.63) is 29.8 Å². The minimum absolute atomic E-state index is 0. The highest BCUT2D eigenvalue weighted by molar-refractivity contribution is 5.85. The predicted octanol–water partition coefficient (Wildman–Crippen LogP) is 4.06. The highest BCUT2D eigenvalue weighted by atomic mass is 35.5. The van der Waals surface area contributed by atoms with E-state index >= 15 is 0 Å². The third-order valence-corrected chi connectivity index (χ3v) is 6.86. The molecule has 2 fully saturated rings. The molecule has 0 aromatic heterocycles. The van der Waals surface area contributed by atoms with Crippen molar-refractivity contribution >= 4 is 42.5 Å². The maximum absolute atomic E-state index is 13.1. The summed E-state index contributed by atoms with van der Waals surface area (Å²) in [5.74, 6) is -0.0969. The normalized spacial score (nSPS) is 21.3. The molecule has 188 valence electrons. The molecule has 0 spiro atoms. The molecule has 0 bridgehead atoms. The van der Waals surface area contributed by atoms with Crippen molar-refractivity contribution in [1.82, 2.24) is 9.80 Å². The first kappa shape index (κ1) is 29.3. The second-order valence-electron chi connectivity index (χ2n) is 8.90. The molecule has 1 heterocycles. The van der Waals surface area contributed by atoms with E-state index < -0.39 is 0 Å². The highest BCUT2D eigenvalue weighted by Crippen LogP contribution is 2.29. The number of hydrogen-bond donors (Lipinski definition) is 1. The lowest BCUT2D eigenvalue weighted by molar-refractivity contribution is -0.154. The molecular formula is C24H40Cl2N4O3. The Balaban J connectivity index is 0.00000272. The first-order chi connectivity index (χ1) is 14.9. The number of rotatable bonds is 6. The summed E-state index contributed by atoms with van der Waals surface area (Å²) in [5.41, 5.74) is 7.99. The number of nitrogens with two attached hydrogens (primary N) is 1. The fourth-order valence-electron chi connectivity index (χ4n) is 4.45. The number of piperazine rings is 1. The van der Waals surface area contributed by atoms with Crippen molar-refractivity contribution in [3.8, 4) is 0 Å². The van der Waals surface area contributed by atoms with Crippen molar-refractivity contribution < 1.29 is 14.3 Å². The molecule has 2 amide bonds. The molecule has 1 aromatic rings. The van der Waals surface area contributed by atoms with Crippen LogP contribution in [0.1, 0.15) is 51.5 Å². The molecule has 1 aromatic carbocycles. The molecule has 1 atom stereocenters. The SMILES string of the molecule is CCC(C)OC(=O)C1CCC(N(C)C(=O)N2CCN(c3ccc(CN)cc3)CC2)CC1.Cl.Cl. The van der Waals surface area contributed by atoms with Gasteiger partial charge in [-0.15, -0.1) is 24.8 Å². The third kappa shape index (κ3) is 7.66. The summed E-state index contributed by atoms with van der Waals surface area (Å²) in [6, 6.07) is 8.64. The van der Waals surface area contributed by atoms with Crippen LogP contribution < -0.4 is 10.6 Å². The Labute approximate surface area is 210 Å². The number of urea groups is 1. The summed E-state index contributed by atoms with van der Waals surface area (Å²) < 4.78 is 5.50. The van der Waals surface area contributed by atoms with E-state index in [1.54, 1.807) is 0 Å². The largest absolute Gasteiger partial charge is 0.462 e. The van der Waals surface area contributed by atoms with Crippen LogP contribution in [0.25, 0.3) is 0 Å². The molecule has 7 nitrogen and oxygen atoms in total. The van der Waals surface area contributed by atoms with Crippen LogP contribution in [0.15, 0.2) is 24.3 Å². The number of halogens is 2. The van der Waals surface area contributed by atoms with E-state index in [2.05, 4.69) is 29.2 Å². The van der Waals surface area contributed by atoms with E-state index in [0.29, 0.717) is 6.54 Å². The summed E-state index contributed by atoms with van der Waals surface area (Å²) in [6.07, 6.45) is 4.12. The number of ether oxygens (including phenoxy) is 1. The van der Waals surface area contributed by atoms with E-state index in [1.165, 1.54) is 5.69 Å². The van der Waals surface area contributed by atoms with Gasteiger partial charge in [-0.3, -0.25) is 4.79 Å². The Morgan fingerprint density at radius 3 is 2.15 bits per heavy atom. The van der Waals surface area contributed by atoms with Crippen molar-refractivity contribution in [2.75, 3.05) is 38.1 Å². The Hall–Kier alpha value is -1.70. The first-order valence-corrected chi connectivity index (χ1v) is 11.7. The molecule has 1 aliphatic heterocycles. The maximum Gasteiger partial charge on any atom is 0.320 e. The monoisotopic (exact) mass is 502 g/mol. The summed E-state index contributed by atoms with van der Waals surface area (Å²) in [4.78, 5) is 31.5. The van der Waals surface area contributed by atoms with Gasteiger partial charge in [0.25, 0.3) is 0 Å². The molecule has 1 saturated heterocycles. The van der Waals surface area contributed by atoms with E-state index in [-0.39, 0.29) is 54.9 Å². The lowest BCUT2D eigenvalue weighted by Gasteiger charge is -2.41. The lowest BCUT2D eigenvalue weighted by Crippen LogP contribution is -2.54. The average molecular weight is 504 g/mol. The fourth-order valence-corrected chi connectivity index (χ4v) is 4.45. The molecule has 3 rings (SSSR count). The van der Waals surface area contributed by atoms with Gasteiger partial charge < -0.3 is 25.2 Å². The van der Waals surface area contributed by atoms with E-state index in [0.717, 1.165) is 63.8 Å². The smallest absolute Gasteiger partial charge is 0.320 e. The molecule has 1 saturated carbocycles. The molecule has 0 radical (unpaired) electrons. The van der Waals surface area contributed by atoms with E-state index in [1.807, 2.05) is 30.7 Å². The first-order valence-electron chi connectivity index (χ1n) is 11.7. The van der Waals surface area contributed by atoms with Crippen LogP contribution in [0, 0.1) is 5.92 Å². The molecule has 2 N–H and O–H groups in total. The summed E-state index contributed by atoms with van der Waals surface area (Å²) in [5, 5.41) is 0. The standard InChI is InChI=1S/C24H38N4O3.2ClH/c1-4-18(2)31-23(29)20-7-11-21(12-8-20)26(3)24(30)28-15-13-27(14-16-28)22-9-5-19(17-25)6-10-22;;/h5-6,9-10,18,20-21H,4,7-8,11-17,25H2,1-3H3;2*1H. The lowest BCUT2D eigenvalue weighted by atomic mass is 9.85. The van der Waals surface area contributed by atoms with Gasteiger partial charge in [-0.25, -0.2) is 4.79 Å². The minimum atomic E-state index is -0.0719. The molecule has 1 aliphatic carbocycles. The van der Waals surface area contributed by atoms with Gasteiger partial charge in [0.2, 0.25) is 0 Å². The number of esters is 1. The van der Waals surface area contributed by atoms with Crippen LogP contribution in [0.2, 0.25) is 0 Å². The zero-order chi connectivity index (χ0) is 22.4. The van der Waals surface area contributed by atoms with Crippen LogP contribution in [0.3, 0.4) is 0 Å². The van der Waals surface area contributed by atoms with Crippen molar-refractivity contribution in [3.63, 3.8) is 0 Å². The van der Waals surface area contributed by atoms with Crippen LogP contribution in [0.4, 0.5) is 10.5 Å². The van der Waals surface area contributed by atoms with Crippen LogP contribution in [-0.4, -0.2) is 67.2 Å². The number of anilines is 1. The van der Waals surface area contributed by atoms with Gasteiger partial charge >= 0.3 is 12.0 Å². The number of carbonyl (C=O) groups excluding carboxylic acids is 2. The molecular weight excluding hydrogens is 463 g/mol. The van der Waals surface area contributed by atoms with E-state index in [9.17, 15) is 9.59 Å². The summed E-state index contributed by atoms with van der Waals surface area (Å²) in [6.45, 7) is 7.61. The van der Waals surface area contributed by atoms with Gasteiger partial charge in [-0.05, 0) is 56.7 Å². The second-order valence-corrected chi connectivity index (χ2v) is 8.90. The third-order valence-electron chi connectivity index (χ3n) is 6.86. The highest BCUT2D eigenvalue weighted by Gasteiger charge is 2.33. The number of carbonyl (C=O) groups is 2. The van der Waals surface area contributed by atoms with Crippen LogP contribution >= 0.6 is 24.8 Å². The van der Waals surface area contributed by atoms with Crippen LogP contribution in [0.5, 0.6) is 0 Å². The number of benzene rings is 1. The van der Waals surface area contributed by atoms with Crippen molar-refractivity contribution in [1.29, 1.82) is 0 Å². The molecule has 2 aliphatic rings. The second kappa shape index (κ2) is 13.9. The zero-order valence-electron chi connectivity index (χ0n) is 20.1. The Morgan fingerprint density at radius 1 is 1.06 bits per heavy atom. The summed E-state index contributed by atoms with van der Waals surface area (Å²) >= 11 is 0. The molecule has 1 unspecified atom stereocenters. The Bertz CT molecular complexity index is 734. The number of hydrogen-bond acceptors (Lipinski definition) is 5. The minimum Gasteiger partial charge on any atom is -0.462 e. The summed E-state index contributed by atoms with van der Waals surface area (Å²) in [7, 11) is 1.91. The topological polar surface area (TPSA) is 79.1 Å². The molecule has 33 heavy (non-hydrogen) atoms. The van der Waals surface area contributed by atoms with Gasteiger partial charge in [0.15, 0.2) is 0 Å². The fraction of sp³-hybridized carbons (Fsp3) is 0.667. The Morgan fingerprint density at radius 2 is 1.64 bits per heavy atom. The molecule has 9 heteroatoms. The van der Waals surface area contributed by atoms with E-state index in [4.69, 9.17) is 10.5 Å². The van der Waals surface area contributed by atoms with Gasteiger partial charge in [-0.1, -0.05) is 19.1 Å². The quantitative estimate of drug-likeness (QED) is 0.593.